The average Bonchev–Trinajstić information content (AvgIpc) is 3.53. The molecule has 0 aliphatic carbocycles. The van der Waals surface area contributed by atoms with Crippen molar-refractivity contribution in [2.24, 2.45) is 0 Å². The number of hydrogen-bond donors (Lipinski definition) is 2. The number of urea groups is 1. The van der Waals surface area contributed by atoms with Crippen molar-refractivity contribution < 1.29 is 18.7 Å². The molecule has 8 nitrogen and oxygen atoms in total. The van der Waals surface area contributed by atoms with Gasteiger partial charge in [-0.15, -0.1) is 0 Å². The van der Waals surface area contributed by atoms with Crippen LogP contribution in [0.4, 0.5) is 10.5 Å². The van der Waals surface area contributed by atoms with Crippen LogP contribution in [-0.4, -0.2) is 48.6 Å². The van der Waals surface area contributed by atoms with E-state index >= 15 is 0 Å². The Morgan fingerprint density at radius 1 is 1.12 bits per heavy atom. The summed E-state index contributed by atoms with van der Waals surface area (Å²) in [5, 5.41) is 5.69. The zero-order valence-electron chi connectivity index (χ0n) is 18.9. The molecule has 1 fully saturated rings. The van der Waals surface area contributed by atoms with Gasteiger partial charge in [-0.1, -0.05) is 12.1 Å². The maximum absolute atomic E-state index is 12.9. The molecule has 1 aliphatic rings. The largest absolute Gasteiger partial charge is 0.497 e. The molecule has 0 bridgehead atoms. The van der Waals surface area contributed by atoms with Crippen LogP contribution in [0.2, 0.25) is 0 Å². The van der Waals surface area contributed by atoms with Gasteiger partial charge in [-0.05, 0) is 55.7 Å². The Kier molecular flexibility index (Phi) is 6.92. The number of oxazole rings is 1. The van der Waals surface area contributed by atoms with E-state index in [0.29, 0.717) is 30.1 Å². The lowest BCUT2D eigenvalue weighted by atomic mass is 10.1. The first kappa shape index (κ1) is 22.4. The predicted molar refractivity (Wildman–Crippen MR) is 126 cm³/mol. The molecular weight excluding hydrogens is 420 g/mol. The minimum Gasteiger partial charge on any atom is -0.497 e. The van der Waals surface area contributed by atoms with Gasteiger partial charge >= 0.3 is 6.03 Å². The van der Waals surface area contributed by atoms with E-state index in [-0.39, 0.29) is 11.9 Å². The van der Waals surface area contributed by atoms with Gasteiger partial charge in [-0.3, -0.25) is 4.79 Å². The monoisotopic (exact) mass is 448 g/mol. The first-order chi connectivity index (χ1) is 16.0. The summed E-state index contributed by atoms with van der Waals surface area (Å²) in [4.78, 5) is 31.7. The molecule has 4 rings (SSSR count). The van der Waals surface area contributed by atoms with E-state index in [1.807, 2.05) is 48.2 Å². The van der Waals surface area contributed by atoms with Crippen molar-refractivity contribution in [1.82, 2.24) is 15.2 Å². The van der Waals surface area contributed by atoms with Crippen molar-refractivity contribution in [2.45, 2.75) is 26.2 Å². The first-order valence-electron chi connectivity index (χ1n) is 11.1. The summed E-state index contributed by atoms with van der Waals surface area (Å²) in [6.07, 6.45) is 4.14. The highest BCUT2D eigenvalue weighted by Gasteiger charge is 2.23. The molecule has 172 valence electrons. The number of amides is 3. The van der Waals surface area contributed by atoms with E-state index in [9.17, 15) is 9.59 Å². The maximum Gasteiger partial charge on any atom is 0.319 e. The molecule has 1 aromatic heterocycles. The van der Waals surface area contributed by atoms with Crippen LogP contribution in [0.1, 0.15) is 34.5 Å². The second-order valence-corrected chi connectivity index (χ2v) is 8.00. The van der Waals surface area contributed by atoms with Gasteiger partial charge in [0.15, 0.2) is 0 Å². The minimum atomic E-state index is -0.362. The van der Waals surface area contributed by atoms with Gasteiger partial charge in [0.25, 0.3) is 5.91 Å². The predicted octanol–water partition coefficient (Wildman–Crippen LogP) is 4.26. The number of aryl methyl sites for hydroxylation is 1. The number of nitrogens with zero attached hydrogens (tertiary/aromatic N) is 2. The Bertz CT molecular complexity index is 1120. The highest BCUT2D eigenvalue weighted by Crippen LogP contribution is 2.24. The van der Waals surface area contributed by atoms with Gasteiger partial charge < -0.3 is 24.7 Å². The Balaban J connectivity index is 1.33. The van der Waals surface area contributed by atoms with E-state index in [1.54, 1.807) is 19.4 Å². The van der Waals surface area contributed by atoms with Gasteiger partial charge in [0.2, 0.25) is 5.89 Å². The van der Waals surface area contributed by atoms with Crippen molar-refractivity contribution in [2.75, 3.05) is 32.1 Å². The molecule has 0 saturated carbocycles. The smallest absolute Gasteiger partial charge is 0.319 e. The van der Waals surface area contributed by atoms with Crippen molar-refractivity contribution in [1.29, 1.82) is 0 Å². The molecule has 0 spiro atoms. The van der Waals surface area contributed by atoms with Crippen LogP contribution in [0.3, 0.4) is 0 Å². The Hall–Kier alpha value is -3.81. The fourth-order valence-electron chi connectivity index (χ4n) is 3.85. The molecule has 2 N–H and O–H groups in total. The molecule has 2 aromatic carbocycles. The van der Waals surface area contributed by atoms with Crippen LogP contribution in [-0.2, 0) is 6.42 Å². The summed E-state index contributed by atoms with van der Waals surface area (Å²) >= 11 is 0. The van der Waals surface area contributed by atoms with Gasteiger partial charge in [0.05, 0.1) is 24.1 Å². The lowest BCUT2D eigenvalue weighted by Gasteiger charge is -2.19. The van der Waals surface area contributed by atoms with E-state index in [2.05, 4.69) is 15.6 Å². The zero-order valence-corrected chi connectivity index (χ0v) is 18.9. The molecule has 0 atom stereocenters. The summed E-state index contributed by atoms with van der Waals surface area (Å²) in [7, 11) is 1.62. The second kappa shape index (κ2) is 10.2. The third-order valence-corrected chi connectivity index (χ3v) is 5.69. The SMILES string of the molecule is COc1ccc(-c2nc(CCNC(=O)Nc3c(C)cccc3C(=O)N3CCCC3)co2)cc1. The molecule has 1 saturated heterocycles. The molecular formula is C25H28N4O4. The number of benzene rings is 2. The quantitative estimate of drug-likeness (QED) is 0.563. The Morgan fingerprint density at radius 3 is 2.61 bits per heavy atom. The highest BCUT2D eigenvalue weighted by molar-refractivity contribution is 6.04. The molecule has 8 heteroatoms. The van der Waals surface area contributed by atoms with Crippen molar-refractivity contribution in [3.8, 4) is 17.2 Å². The number of rotatable bonds is 7. The van der Waals surface area contributed by atoms with E-state index in [4.69, 9.17) is 9.15 Å². The first-order valence-corrected chi connectivity index (χ1v) is 11.1. The number of hydrogen-bond acceptors (Lipinski definition) is 5. The Morgan fingerprint density at radius 2 is 1.88 bits per heavy atom. The third-order valence-electron chi connectivity index (χ3n) is 5.69. The van der Waals surface area contributed by atoms with E-state index in [0.717, 1.165) is 48.5 Å². The molecule has 3 amide bonds. The van der Waals surface area contributed by atoms with E-state index < -0.39 is 0 Å². The van der Waals surface area contributed by atoms with Crippen LogP contribution < -0.4 is 15.4 Å². The van der Waals surface area contributed by atoms with Crippen molar-refractivity contribution in [3.05, 3.63) is 65.5 Å². The van der Waals surface area contributed by atoms with Gasteiger partial charge in [0.1, 0.15) is 12.0 Å². The van der Waals surface area contributed by atoms with Gasteiger partial charge in [-0.2, -0.15) is 0 Å². The number of carbonyl (C=O) groups is 2. The number of aromatic nitrogens is 1. The standard InChI is InChI=1S/C25H28N4O4/c1-17-6-5-7-21(24(30)29-14-3-4-15-29)22(17)28-25(31)26-13-12-19-16-33-23(27-19)18-8-10-20(32-2)11-9-18/h5-11,16H,3-4,12-15H2,1-2H3,(H2,26,28,31). The summed E-state index contributed by atoms with van der Waals surface area (Å²) in [6, 6.07) is 12.6. The second-order valence-electron chi connectivity index (χ2n) is 8.00. The topological polar surface area (TPSA) is 96.7 Å². The average molecular weight is 449 g/mol. The summed E-state index contributed by atoms with van der Waals surface area (Å²) in [5.41, 5.74) is 3.50. The van der Waals surface area contributed by atoms with Crippen LogP contribution >= 0.6 is 0 Å². The van der Waals surface area contributed by atoms with Gasteiger partial charge in [0, 0.05) is 31.6 Å². The lowest BCUT2D eigenvalue weighted by Crippen LogP contribution is -2.33. The van der Waals surface area contributed by atoms with Crippen LogP contribution in [0.5, 0.6) is 5.75 Å². The minimum absolute atomic E-state index is 0.0415. The number of ether oxygens (including phenoxy) is 1. The molecule has 3 aromatic rings. The number of methoxy groups -OCH3 is 1. The summed E-state index contributed by atoms with van der Waals surface area (Å²) < 4.78 is 10.7. The fourth-order valence-corrected chi connectivity index (χ4v) is 3.85. The van der Waals surface area contributed by atoms with Crippen LogP contribution in [0.15, 0.2) is 53.1 Å². The molecule has 33 heavy (non-hydrogen) atoms. The number of carbonyl (C=O) groups excluding carboxylic acids is 2. The van der Waals surface area contributed by atoms with Crippen molar-refractivity contribution in [3.63, 3.8) is 0 Å². The zero-order chi connectivity index (χ0) is 23.2. The maximum atomic E-state index is 12.9. The van der Waals surface area contributed by atoms with E-state index in [1.165, 1.54) is 0 Å². The number of para-hydroxylation sites is 1. The Labute approximate surface area is 192 Å². The van der Waals surface area contributed by atoms with Gasteiger partial charge in [-0.25, -0.2) is 9.78 Å². The molecule has 2 heterocycles. The van der Waals surface area contributed by atoms with Crippen LogP contribution in [0, 0.1) is 6.92 Å². The molecule has 1 aliphatic heterocycles. The van der Waals surface area contributed by atoms with Crippen LogP contribution in [0.25, 0.3) is 11.5 Å². The number of likely N-dealkylation sites (tertiary alicyclic amines) is 1. The number of anilines is 1. The highest BCUT2D eigenvalue weighted by atomic mass is 16.5. The normalized spacial score (nSPS) is 13.1. The van der Waals surface area contributed by atoms with Crippen molar-refractivity contribution >= 4 is 17.6 Å². The fraction of sp³-hybridized carbons (Fsp3) is 0.320. The molecule has 0 radical (unpaired) electrons. The number of nitrogens with one attached hydrogen (secondary N) is 2. The summed E-state index contributed by atoms with van der Waals surface area (Å²) in [5.74, 6) is 1.24. The summed E-state index contributed by atoms with van der Waals surface area (Å²) in [6.45, 7) is 3.78. The lowest BCUT2D eigenvalue weighted by molar-refractivity contribution is 0.0793. The third kappa shape index (κ3) is 5.34. The molecule has 0 unspecified atom stereocenters.